The van der Waals surface area contributed by atoms with E-state index in [1.54, 1.807) is 6.92 Å². The quantitative estimate of drug-likeness (QED) is 0.828. The highest BCUT2D eigenvalue weighted by Gasteiger charge is 2.22. The second-order valence-corrected chi connectivity index (χ2v) is 4.68. The van der Waals surface area contributed by atoms with Crippen LogP contribution in [-0.4, -0.2) is 39.5 Å². The van der Waals surface area contributed by atoms with Crippen molar-refractivity contribution in [2.75, 3.05) is 18.1 Å². The Morgan fingerprint density at radius 3 is 3.20 bits per heavy atom. The van der Waals surface area contributed by atoms with Gasteiger partial charge in [0.25, 0.3) is 0 Å². The minimum Gasteiger partial charge on any atom is -0.393 e. The molecule has 1 aliphatic rings. The van der Waals surface area contributed by atoms with E-state index in [1.165, 1.54) is 0 Å². The van der Waals surface area contributed by atoms with Gasteiger partial charge in [0.2, 0.25) is 11.7 Å². The lowest BCUT2D eigenvalue weighted by atomic mass is 10.3. The van der Waals surface area contributed by atoms with E-state index in [2.05, 4.69) is 10.1 Å². The predicted octanol–water partition coefficient (Wildman–Crippen LogP) is 0.797. The summed E-state index contributed by atoms with van der Waals surface area (Å²) in [6.07, 6.45) is -0.123. The van der Waals surface area contributed by atoms with Gasteiger partial charge in [-0.25, -0.2) is 0 Å². The Balaban J connectivity index is 1.99. The number of aromatic nitrogens is 2. The average molecular weight is 230 g/mol. The highest BCUT2D eigenvalue weighted by molar-refractivity contribution is 7.99. The van der Waals surface area contributed by atoms with Crippen LogP contribution in [0.15, 0.2) is 4.52 Å². The molecule has 1 aromatic rings. The fraction of sp³-hybridized carbons (Fsp3) is 0.778. The number of thioether (sulfide) groups is 1. The summed E-state index contributed by atoms with van der Waals surface area (Å²) in [4.78, 5) is 4.20. The summed E-state index contributed by atoms with van der Waals surface area (Å²) in [5.74, 6) is 2.96. The number of rotatable bonds is 3. The van der Waals surface area contributed by atoms with Crippen LogP contribution in [0.2, 0.25) is 0 Å². The smallest absolute Gasteiger partial charge is 0.229 e. The highest BCUT2D eigenvalue weighted by atomic mass is 32.2. The number of hydrogen-bond donors (Lipinski definition) is 1. The Bertz CT molecular complexity index is 310. The predicted molar refractivity (Wildman–Crippen MR) is 55.7 cm³/mol. The van der Waals surface area contributed by atoms with Crippen LogP contribution < -0.4 is 0 Å². The minimum atomic E-state index is -0.458. The first-order valence-electron chi connectivity index (χ1n) is 4.95. The van der Waals surface area contributed by atoms with Crippen molar-refractivity contribution in [1.82, 2.24) is 10.1 Å². The van der Waals surface area contributed by atoms with Crippen molar-refractivity contribution in [2.24, 2.45) is 0 Å². The normalized spacial score (nSPS) is 24.0. The average Bonchev–Trinajstić information content (AvgIpc) is 2.67. The molecule has 0 bridgehead atoms. The molecule has 2 heterocycles. The van der Waals surface area contributed by atoms with Gasteiger partial charge in [-0.3, -0.25) is 0 Å². The SMILES string of the molecule is CC(O)Cc1nc(C2CSCCO2)no1. The first kappa shape index (κ1) is 10.9. The molecule has 6 heteroatoms. The molecule has 0 amide bonds. The maximum absolute atomic E-state index is 9.16. The third-order valence-electron chi connectivity index (χ3n) is 2.06. The van der Waals surface area contributed by atoms with Crippen molar-refractivity contribution in [3.8, 4) is 0 Å². The molecule has 2 unspecified atom stereocenters. The topological polar surface area (TPSA) is 68.4 Å². The second kappa shape index (κ2) is 4.96. The van der Waals surface area contributed by atoms with E-state index < -0.39 is 6.10 Å². The van der Waals surface area contributed by atoms with Gasteiger partial charge in [0, 0.05) is 11.5 Å². The Hall–Kier alpha value is -0.590. The van der Waals surface area contributed by atoms with Gasteiger partial charge in [-0.05, 0) is 6.92 Å². The monoisotopic (exact) mass is 230 g/mol. The first-order valence-corrected chi connectivity index (χ1v) is 6.11. The first-order chi connectivity index (χ1) is 7.25. The molecule has 1 saturated heterocycles. The van der Waals surface area contributed by atoms with Crippen LogP contribution in [0.4, 0.5) is 0 Å². The van der Waals surface area contributed by atoms with E-state index in [0.717, 1.165) is 18.1 Å². The lowest BCUT2D eigenvalue weighted by molar-refractivity contribution is 0.0677. The Morgan fingerprint density at radius 1 is 1.67 bits per heavy atom. The summed E-state index contributed by atoms with van der Waals surface area (Å²) >= 11 is 1.82. The molecule has 15 heavy (non-hydrogen) atoms. The molecule has 0 saturated carbocycles. The molecule has 0 aliphatic carbocycles. The maximum atomic E-state index is 9.16. The number of aliphatic hydroxyl groups is 1. The fourth-order valence-electron chi connectivity index (χ4n) is 1.37. The van der Waals surface area contributed by atoms with Crippen molar-refractivity contribution >= 4 is 11.8 Å². The molecule has 2 rings (SSSR count). The van der Waals surface area contributed by atoms with Crippen molar-refractivity contribution in [2.45, 2.75) is 25.6 Å². The largest absolute Gasteiger partial charge is 0.393 e. The van der Waals surface area contributed by atoms with Gasteiger partial charge in [0.05, 0.1) is 19.1 Å². The molecular formula is C9H14N2O3S. The van der Waals surface area contributed by atoms with Gasteiger partial charge < -0.3 is 14.4 Å². The van der Waals surface area contributed by atoms with E-state index in [1.807, 2.05) is 11.8 Å². The standard InChI is InChI=1S/C9H14N2O3S/c1-6(12)4-8-10-9(11-14-8)7-5-15-3-2-13-7/h6-7,12H,2-5H2,1H3. The number of hydrogen-bond acceptors (Lipinski definition) is 6. The zero-order chi connectivity index (χ0) is 10.7. The van der Waals surface area contributed by atoms with Gasteiger partial charge >= 0.3 is 0 Å². The van der Waals surface area contributed by atoms with Crippen LogP contribution in [0, 0.1) is 0 Å². The van der Waals surface area contributed by atoms with Gasteiger partial charge in [-0.1, -0.05) is 5.16 Å². The number of ether oxygens (including phenoxy) is 1. The summed E-state index contributed by atoms with van der Waals surface area (Å²) in [6, 6.07) is 0. The highest BCUT2D eigenvalue weighted by Crippen LogP contribution is 2.24. The molecule has 0 aromatic carbocycles. The molecule has 1 fully saturated rings. The van der Waals surface area contributed by atoms with E-state index in [9.17, 15) is 0 Å². The molecule has 1 aliphatic heterocycles. The Labute approximate surface area is 92.2 Å². The summed E-state index contributed by atoms with van der Waals surface area (Å²) in [5, 5.41) is 13.0. The fourth-order valence-corrected chi connectivity index (χ4v) is 2.21. The van der Waals surface area contributed by atoms with Crippen LogP contribution in [0.3, 0.4) is 0 Å². The summed E-state index contributed by atoms with van der Waals surface area (Å²) in [6.45, 7) is 2.42. The Kier molecular flexibility index (Phi) is 3.61. The van der Waals surface area contributed by atoms with Crippen LogP contribution >= 0.6 is 11.8 Å². The Morgan fingerprint density at radius 2 is 2.53 bits per heavy atom. The molecule has 1 aromatic heterocycles. The van der Waals surface area contributed by atoms with Crippen LogP contribution in [0.1, 0.15) is 24.7 Å². The molecule has 1 N–H and O–H groups in total. The second-order valence-electron chi connectivity index (χ2n) is 3.53. The van der Waals surface area contributed by atoms with Gasteiger partial charge in [-0.15, -0.1) is 0 Å². The summed E-state index contributed by atoms with van der Waals surface area (Å²) in [7, 11) is 0. The minimum absolute atomic E-state index is 0.0600. The van der Waals surface area contributed by atoms with Crippen LogP contribution in [0.25, 0.3) is 0 Å². The molecule has 5 nitrogen and oxygen atoms in total. The summed E-state index contributed by atoms with van der Waals surface area (Å²) in [5.41, 5.74) is 0. The lowest BCUT2D eigenvalue weighted by Crippen LogP contribution is -2.16. The summed E-state index contributed by atoms with van der Waals surface area (Å²) < 4.78 is 10.5. The van der Waals surface area contributed by atoms with E-state index in [0.29, 0.717) is 18.1 Å². The zero-order valence-corrected chi connectivity index (χ0v) is 9.37. The number of aliphatic hydroxyl groups excluding tert-OH is 1. The van der Waals surface area contributed by atoms with Gasteiger partial charge in [-0.2, -0.15) is 16.7 Å². The van der Waals surface area contributed by atoms with Crippen LogP contribution in [0.5, 0.6) is 0 Å². The van der Waals surface area contributed by atoms with Crippen molar-refractivity contribution in [3.05, 3.63) is 11.7 Å². The zero-order valence-electron chi connectivity index (χ0n) is 8.55. The molecular weight excluding hydrogens is 216 g/mol. The maximum Gasteiger partial charge on any atom is 0.229 e. The molecule has 0 spiro atoms. The van der Waals surface area contributed by atoms with Crippen LogP contribution in [-0.2, 0) is 11.2 Å². The lowest BCUT2D eigenvalue weighted by Gasteiger charge is -2.18. The van der Waals surface area contributed by atoms with Crippen molar-refractivity contribution in [1.29, 1.82) is 0 Å². The van der Waals surface area contributed by atoms with Gasteiger partial charge in [0.15, 0.2) is 0 Å². The van der Waals surface area contributed by atoms with Gasteiger partial charge in [0.1, 0.15) is 6.10 Å². The van der Waals surface area contributed by atoms with Crippen molar-refractivity contribution < 1.29 is 14.4 Å². The third kappa shape index (κ3) is 2.93. The van der Waals surface area contributed by atoms with E-state index in [4.69, 9.17) is 14.4 Å². The molecule has 84 valence electrons. The van der Waals surface area contributed by atoms with Crippen molar-refractivity contribution in [3.63, 3.8) is 0 Å². The van der Waals surface area contributed by atoms with E-state index >= 15 is 0 Å². The molecule has 2 atom stereocenters. The third-order valence-corrected chi connectivity index (χ3v) is 3.05. The number of nitrogens with zero attached hydrogens (tertiary/aromatic N) is 2. The molecule has 0 radical (unpaired) electrons. The van der Waals surface area contributed by atoms with E-state index in [-0.39, 0.29) is 6.10 Å².